The Balaban J connectivity index is 2.55. The van der Waals surface area contributed by atoms with Gasteiger partial charge in [0.2, 0.25) is 0 Å². The molecule has 1 amide bonds. The van der Waals surface area contributed by atoms with Crippen LogP contribution in [-0.4, -0.2) is 22.4 Å². The Bertz CT molecular complexity index is 307. The fraction of sp³-hybridized carbons (Fsp3) is 0.556. The average Bonchev–Trinajstić information content (AvgIpc) is 2.50. The first-order valence-electron chi connectivity index (χ1n) is 4.63. The number of rotatable bonds is 3. The van der Waals surface area contributed by atoms with Crippen LogP contribution in [0.2, 0.25) is 0 Å². The highest BCUT2D eigenvalue weighted by atomic mass is 16.6. The van der Waals surface area contributed by atoms with Crippen LogP contribution in [0.25, 0.3) is 0 Å². The molecule has 0 atom stereocenters. The molecule has 0 fully saturated rings. The zero-order valence-electron chi connectivity index (χ0n) is 8.63. The standard InChI is InChI=1S/C9H15N3O2/c1-4-7-5-10-12-8(7)11-9(13)14-6(2)3/h5-6H,4H2,1-3H3,(H2,10,11,12,13). The summed E-state index contributed by atoms with van der Waals surface area (Å²) in [5.41, 5.74) is 0.964. The lowest BCUT2D eigenvalue weighted by atomic mass is 10.2. The minimum Gasteiger partial charge on any atom is -0.447 e. The number of anilines is 1. The number of nitrogens with zero attached hydrogens (tertiary/aromatic N) is 1. The minimum atomic E-state index is -0.459. The molecule has 0 radical (unpaired) electrons. The summed E-state index contributed by atoms with van der Waals surface area (Å²) >= 11 is 0. The number of aryl methyl sites for hydroxylation is 1. The van der Waals surface area contributed by atoms with E-state index in [-0.39, 0.29) is 6.10 Å². The fourth-order valence-corrected chi connectivity index (χ4v) is 1.03. The quantitative estimate of drug-likeness (QED) is 0.778. The summed E-state index contributed by atoms with van der Waals surface area (Å²) in [7, 11) is 0. The number of hydrogen-bond acceptors (Lipinski definition) is 3. The zero-order chi connectivity index (χ0) is 10.6. The van der Waals surface area contributed by atoms with Gasteiger partial charge in [-0.3, -0.25) is 10.4 Å². The SMILES string of the molecule is CCc1cn[nH]c1NC(=O)OC(C)C. The van der Waals surface area contributed by atoms with Crippen LogP contribution in [0.15, 0.2) is 6.20 Å². The lowest BCUT2D eigenvalue weighted by Gasteiger charge is -2.08. The van der Waals surface area contributed by atoms with E-state index in [1.165, 1.54) is 0 Å². The first-order chi connectivity index (χ1) is 6.63. The van der Waals surface area contributed by atoms with Crippen LogP contribution < -0.4 is 5.32 Å². The molecule has 14 heavy (non-hydrogen) atoms. The Morgan fingerprint density at radius 1 is 1.71 bits per heavy atom. The lowest BCUT2D eigenvalue weighted by molar-refractivity contribution is 0.130. The number of aromatic amines is 1. The summed E-state index contributed by atoms with van der Waals surface area (Å²) in [6, 6.07) is 0. The van der Waals surface area contributed by atoms with Crippen LogP contribution >= 0.6 is 0 Å². The normalized spacial score (nSPS) is 10.3. The molecule has 0 aliphatic carbocycles. The number of amides is 1. The highest BCUT2D eigenvalue weighted by molar-refractivity contribution is 5.84. The third-order valence-electron chi connectivity index (χ3n) is 1.67. The van der Waals surface area contributed by atoms with Crippen LogP contribution in [0.1, 0.15) is 26.3 Å². The molecule has 0 aliphatic rings. The zero-order valence-corrected chi connectivity index (χ0v) is 8.63. The van der Waals surface area contributed by atoms with Gasteiger partial charge < -0.3 is 4.74 Å². The number of hydrogen-bond donors (Lipinski definition) is 2. The van der Waals surface area contributed by atoms with Gasteiger partial charge >= 0.3 is 6.09 Å². The third-order valence-corrected chi connectivity index (χ3v) is 1.67. The molecule has 1 aromatic heterocycles. The summed E-state index contributed by atoms with van der Waals surface area (Å²) in [5, 5.41) is 9.12. The van der Waals surface area contributed by atoms with Crippen LogP contribution in [0.5, 0.6) is 0 Å². The van der Waals surface area contributed by atoms with Crippen LogP contribution in [0.4, 0.5) is 10.6 Å². The van der Waals surface area contributed by atoms with E-state index in [0.717, 1.165) is 12.0 Å². The first kappa shape index (κ1) is 10.6. The van der Waals surface area contributed by atoms with Gasteiger partial charge in [0, 0.05) is 5.56 Å². The predicted molar refractivity (Wildman–Crippen MR) is 53.2 cm³/mol. The summed E-state index contributed by atoms with van der Waals surface area (Å²) in [4.78, 5) is 11.2. The van der Waals surface area contributed by atoms with Crippen molar-refractivity contribution in [3.8, 4) is 0 Å². The minimum absolute atomic E-state index is 0.122. The Kier molecular flexibility index (Phi) is 3.50. The van der Waals surface area contributed by atoms with Crippen molar-refractivity contribution in [1.29, 1.82) is 0 Å². The second-order valence-electron chi connectivity index (χ2n) is 3.20. The molecular weight excluding hydrogens is 182 g/mol. The Hall–Kier alpha value is -1.52. The number of carbonyl (C=O) groups excluding carboxylic acids is 1. The van der Waals surface area contributed by atoms with Crippen molar-refractivity contribution < 1.29 is 9.53 Å². The Labute approximate surface area is 82.8 Å². The molecule has 0 aromatic carbocycles. The number of ether oxygens (including phenoxy) is 1. The van der Waals surface area contributed by atoms with Crippen molar-refractivity contribution in [3.05, 3.63) is 11.8 Å². The number of nitrogens with one attached hydrogen (secondary N) is 2. The van der Waals surface area contributed by atoms with Gasteiger partial charge in [-0.2, -0.15) is 5.10 Å². The van der Waals surface area contributed by atoms with Gasteiger partial charge in [0.15, 0.2) is 0 Å². The van der Waals surface area contributed by atoms with Gasteiger partial charge in [0.1, 0.15) is 5.82 Å². The smallest absolute Gasteiger partial charge is 0.413 e. The molecule has 5 nitrogen and oxygen atoms in total. The predicted octanol–water partition coefficient (Wildman–Crippen LogP) is 1.93. The second kappa shape index (κ2) is 4.64. The van der Waals surface area contributed by atoms with Gasteiger partial charge in [0.05, 0.1) is 12.3 Å². The maximum absolute atomic E-state index is 11.2. The van der Waals surface area contributed by atoms with Gasteiger partial charge in [-0.15, -0.1) is 0 Å². The summed E-state index contributed by atoms with van der Waals surface area (Å²) in [6.07, 6.45) is 1.92. The molecule has 0 aliphatic heterocycles. The first-order valence-corrected chi connectivity index (χ1v) is 4.63. The van der Waals surface area contributed by atoms with E-state index < -0.39 is 6.09 Å². The summed E-state index contributed by atoms with van der Waals surface area (Å²) in [5.74, 6) is 0.609. The molecule has 78 valence electrons. The second-order valence-corrected chi connectivity index (χ2v) is 3.20. The summed E-state index contributed by atoms with van der Waals surface area (Å²) < 4.78 is 4.93. The van der Waals surface area contributed by atoms with Gasteiger partial charge in [-0.1, -0.05) is 6.92 Å². The van der Waals surface area contributed by atoms with Gasteiger partial charge in [-0.05, 0) is 20.3 Å². The molecule has 0 bridgehead atoms. The molecule has 0 saturated carbocycles. The lowest BCUT2D eigenvalue weighted by Crippen LogP contribution is -2.18. The fourth-order valence-electron chi connectivity index (χ4n) is 1.03. The maximum atomic E-state index is 11.2. The van der Waals surface area contributed by atoms with E-state index in [9.17, 15) is 4.79 Å². The highest BCUT2D eigenvalue weighted by Gasteiger charge is 2.09. The van der Waals surface area contributed by atoms with Crippen molar-refractivity contribution in [3.63, 3.8) is 0 Å². The number of aromatic nitrogens is 2. The molecule has 5 heteroatoms. The molecular formula is C9H15N3O2. The van der Waals surface area contributed by atoms with Crippen molar-refractivity contribution in [2.75, 3.05) is 5.32 Å². The molecule has 1 rings (SSSR count). The monoisotopic (exact) mass is 197 g/mol. The molecule has 1 aromatic rings. The molecule has 0 unspecified atom stereocenters. The van der Waals surface area contributed by atoms with Gasteiger partial charge in [-0.25, -0.2) is 4.79 Å². The molecule has 2 N–H and O–H groups in total. The largest absolute Gasteiger partial charge is 0.447 e. The summed E-state index contributed by atoms with van der Waals surface area (Å²) in [6.45, 7) is 5.59. The van der Waals surface area contributed by atoms with E-state index in [0.29, 0.717) is 5.82 Å². The van der Waals surface area contributed by atoms with E-state index in [4.69, 9.17) is 4.74 Å². The highest BCUT2D eigenvalue weighted by Crippen LogP contribution is 2.11. The van der Waals surface area contributed by atoms with Crippen LogP contribution in [0, 0.1) is 0 Å². The van der Waals surface area contributed by atoms with E-state index in [1.54, 1.807) is 20.0 Å². The van der Waals surface area contributed by atoms with Gasteiger partial charge in [0.25, 0.3) is 0 Å². The van der Waals surface area contributed by atoms with Crippen molar-refractivity contribution in [1.82, 2.24) is 10.2 Å². The van der Waals surface area contributed by atoms with E-state index in [1.807, 2.05) is 6.92 Å². The average molecular weight is 197 g/mol. The maximum Gasteiger partial charge on any atom is 0.413 e. The Morgan fingerprint density at radius 3 is 3.00 bits per heavy atom. The molecule has 1 heterocycles. The van der Waals surface area contributed by atoms with E-state index in [2.05, 4.69) is 15.5 Å². The topological polar surface area (TPSA) is 67.0 Å². The number of H-pyrrole nitrogens is 1. The van der Waals surface area contributed by atoms with Crippen molar-refractivity contribution in [2.24, 2.45) is 0 Å². The molecule has 0 saturated heterocycles. The van der Waals surface area contributed by atoms with Crippen molar-refractivity contribution >= 4 is 11.9 Å². The third kappa shape index (κ3) is 2.76. The van der Waals surface area contributed by atoms with Crippen molar-refractivity contribution in [2.45, 2.75) is 33.3 Å². The van der Waals surface area contributed by atoms with Crippen LogP contribution in [0.3, 0.4) is 0 Å². The van der Waals surface area contributed by atoms with E-state index >= 15 is 0 Å². The Morgan fingerprint density at radius 2 is 2.43 bits per heavy atom. The number of carbonyl (C=O) groups is 1. The molecule has 0 spiro atoms. The van der Waals surface area contributed by atoms with Crippen LogP contribution in [-0.2, 0) is 11.2 Å².